The van der Waals surface area contributed by atoms with Crippen LogP contribution in [0.1, 0.15) is 23.2 Å². The lowest BCUT2D eigenvalue weighted by Crippen LogP contribution is -2.44. The molecule has 1 saturated heterocycles. The van der Waals surface area contributed by atoms with Crippen molar-refractivity contribution in [2.45, 2.75) is 19.0 Å². The van der Waals surface area contributed by atoms with Crippen molar-refractivity contribution in [1.82, 2.24) is 4.90 Å². The molecule has 104 valence electrons. The first-order valence-electron chi connectivity index (χ1n) is 6.03. The zero-order valence-corrected chi connectivity index (χ0v) is 10.2. The fourth-order valence-electron chi connectivity index (χ4n) is 2.25. The summed E-state index contributed by atoms with van der Waals surface area (Å²) in [4.78, 5) is 13.3. The van der Waals surface area contributed by atoms with E-state index in [2.05, 4.69) is 0 Å². The maximum absolute atomic E-state index is 12.7. The number of hydrogen-bond acceptors (Lipinski definition) is 2. The topological polar surface area (TPSA) is 40.5 Å². The molecule has 1 fully saturated rings. The van der Waals surface area contributed by atoms with Gasteiger partial charge in [-0.25, -0.2) is 0 Å². The van der Waals surface area contributed by atoms with Crippen molar-refractivity contribution >= 4 is 5.91 Å². The SMILES string of the molecule is O=C(c1ccccc1O)N1CCCC(C(F)(F)F)C1. The number of piperidine rings is 1. The summed E-state index contributed by atoms with van der Waals surface area (Å²) in [5.41, 5.74) is 0.0466. The summed E-state index contributed by atoms with van der Waals surface area (Å²) < 4.78 is 38.0. The number of carbonyl (C=O) groups is 1. The lowest BCUT2D eigenvalue weighted by atomic mass is 9.97. The minimum atomic E-state index is -4.28. The van der Waals surface area contributed by atoms with Gasteiger partial charge >= 0.3 is 6.18 Å². The molecule has 1 aromatic rings. The number of alkyl halides is 3. The number of nitrogens with zero attached hydrogens (tertiary/aromatic N) is 1. The van der Waals surface area contributed by atoms with Gasteiger partial charge in [0.25, 0.3) is 5.91 Å². The van der Waals surface area contributed by atoms with Gasteiger partial charge in [-0.2, -0.15) is 13.2 Å². The molecule has 1 aliphatic rings. The van der Waals surface area contributed by atoms with Crippen LogP contribution < -0.4 is 0 Å². The van der Waals surface area contributed by atoms with Gasteiger partial charge in [-0.3, -0.25) is 4.79 Å². The highest BCUT2D eigenvalue weighted by Crippen LogP contribution is 2.34. The van der Waals surface area contributed by atoms with Gasteiger partial charge in [0.1, 0.15) is 5.75 Å². The molecule has 3 nitrogen and oxygen atoms in total. The Kier molecular flexibility index (Phi) is 3.68. The van der Waals surface area contributed by atoms with Crippen LogP contribution in [0, 0.1) is 5.92 Å². The van der Waals surface area contributed by atoms with E-state index < -0.39 is 18.0 Å². The fourth-order valence-corrected chi connectivity index (χ4v) is 2.25. The Bertz CT molecular complexity index is 473. The molecular weight excluding hydrogens is 259 g/mol. The zero-order valence-electron chi connectivity index (χ0n) is 10.2. The summed E-state index contributed by atoms with van der Waals surface area (Å²) in [6.07, 6.45) is -3.91. The molecule has 1 unspecified atom stereocenters. The number of halogens is 3. The number of para-hydroxylation sites is 1. The number of amides is 1. The van der Waals surface area contributed by atoms with Gasteiger partial charge in [0, 0.05) is 13.1 Å². The molecule has 1 aromatic carbocycles. The van der Waals surface area contributed by atoms with E-state index in [9.17, 15) is 23.1 Å². The first-order chi connectivity index (χ1) is 8.89. The smallest absolute Gasteiger partial charge is 0.393 e. The summed E-state index contributed by atoms with van der Waals surface area (Å²) in [5.74, 6) is -2.23. The van der Waals surface area contributed by atoms with Gasteiger partial charge < -0.3 is 10.0 Å². The number of likely N-dealkylation sites (tertiary alicyclic amines) is 1. The molecule has 6 heteroatoms. The van der Waals surface area contributed by atoms with Crippen LogP contribution >= 0.6 is 0 Å². The molecule has 1 aliphatic heterocycles. The second-order valence-electron chi connectivity index (χ2n) is 4.65. The number of aromatic hydroxyl groups is 1. The van der Waals surface area contributed by atoms with Crippen LogP contribution in [0.2, 0.25) is 0 Å². The van der Waals surface area contributed by atoms with Gasteiger partial charge in [0.2, 0.25) is 0 Å². The number of rotatable bonds is 1. The molecule has 19 heavy (non-hydrogen) atoms. The molecule has 1 atom stereocenters. The van der Waals surface area contributed by atoms with Crippen molar-refractivity contribution < 1.29 is 23.1 Å². The average molecular weight is 273 g/mol. The van der Waals surface area contributed by atoms with Gasteiger partial charge in [0.15, 0.2) is 0 Å². The summed E-state index contributed by atoms with van der Waals surface area (Å²) in [6, 6.07) is 5.88. The van der Waals surface area contributed by atoms with Crippen LogP contribution in [-0.2, 0) is 0 Å². The van der Waals surface area contributed by atoms with Crippen molar-refractivity contribution in [2.75, 3.05) is 13.1 Å². The molecule has 0 spiro atoms. The molecule has 1 amide bonds. The Morgan fingerprint density at radius 2 is 2.00 bits per heavy atom. The van der Waals surface area contributed by atoms with E-state index in [1.807, 2.05) is 0 Å². The van der Waals surface area contributed by atoms with Crippen LogP contribution in [0.25, 0.3) is 0 Å². The second kappa shape index (κ2) is 5.11. The minimum absolute atomic E-state index is 0.0466. The average Bonchev–Trinajstić information content (AvgIpc) is 2.38. The quantitative estimate of drug-likeness (QED) is 0.854. The van der Waals surface area contributed by atoms with E-state index >= 15 is 0 Å². The Labute approximate surface area is 108 Å². The van der Waals surface area contributed by atoms with E-state index in [-0.39, 0.29) is 24.3 Å². The third-order valence-electron chi connectivity index (χ3n) is 3.31. The van der Waals surface area contributed by atoms with Gasteiger partial charge in [0.05, 0.1) is 11.5 Å². The van der Waals surface area contributed by atoms with E-state index in [0.717, 1.165) is 4.90 Å². The lowest BCUT2D eigenvalue weighted by molar-refractivity contribution is -0.184. The molecule has 0 bridgehead atoms. The molecule has 1 N–H and O–H groups in total. The largest absolute Gasteiger partial charge is 0.507 e. The Morgan fingerprint density at radius 1 is 1.32 bits per heavy atom. The molecule has 0 aromatic heterocycles. The molecule has 0 saturated carbocycles. The van der Waals surface area contributed by atoms with Crippen LogP contribution in [0.4, 0.5) is 13.2 Å². The normalized spacial score (nSPS) is 20.4. The van der Waals surface area contributed by atoms with Crippen molar-refractivity contribution in [2.24, 2.45) is 5.92 Å². The van der Waals surface area contributed by atoms with Crippen molar-refractivity contribution in [1.29, 1.82) is 0 Å². The maximum atomic E-state index is 12.7. The molecule has 0 aliphatic carbocycles. The van der Waals surface area contributed by atoms with Gasteiger partial charge in [-0.1, -0.05) is 12.1 Å². The minimum Gasteiger partial charge on any atom is -0.507 e. The summed E-state index contributed by atoms with van der Waals surface area (Å²) in [6.45, 7) is -0.0452. The van der Waals surface area contributed by atoms with Crippen LogP contribution in [0.3, 0.4) is 0 Å². The van der Waals surface area contributed by atoms with Crippen LogP contribution in [0.15, 0.2) is 24.3 Å². The maximum Gasteiger partial charge on any atom is 0.393 e. The number of carbonyl (C=O) groups excluding carboxylic acids is 1. The predicted molar refractivity (Wildman–Crippen MR) is 62.8 cm³/mol. The van der Waals surface area contributed by atoms with Gasteiger partial charge in [-0.15, -0.1) is 0 Å². The highest BCUT2D eigenvalue weighted by molar-refractivity contribution is 5.96. The fraction of sp³-hybridized carbons (Fsp3) is 0.462. The van der Waals surface area contributed by atoms with Crippen LogP contribution in [0.5, 0.6) is 5.75 Å². The lowest BCUT2D eigenvalue weighted by Gasteiger charge is -2.33. The monoisotopic (exact) mass is 273 g/mol. The predicted octanol–water partition coefficient (Wildman–Crippen LogP) is 2.81. The molecule has 2 rings (SSSR count). The first kappa shape index (κ1) is 13.7. The zero-order chi connectivity index (χ0) is 14.0. The molecule has 1 heterocycles. The van der Waals surface area contributed by atoms with Crippen LogP contribution in [-0.4, -0.2) is 35.2 Å². The molecular formula is C13H14F3NO2. The third kappa shape index (κ3) is 3.00. The summed E-state index contributed by atoms with van der Waals surface area (Å²) in [7, 11) is 0. The summed E-state index contributed by atoms with van der Waals surface area (Å²) in [5, 5.41) is 9.57. The number of benzene rings is 1. The highest BCUT2D eigenvalue weighted by atomic mass is 19.4. The molecule has 0 radical (unpaired) electrons. The highest BCUT2D eigenvalue weighted by Gasteiger charge is 2.42. The summed E-state index contributed by atoms with van der Waals surface area (Å²) >= 11 is 0. The Hall–Kier alpha value is -1.72. The van der Waals surface area contributed by atoms with Gasteiger partial charge in [-0.05, 0) is 25.0 Å². The van der Waals surface area contributed by atoms with Crippen molar-refractivity contribution in [3.63, 3.8) is 0 Å². The second-order valence-corrected chi connectivity index (χ2v) is 4.65. The number of phenols is 1. The van der Waals surface area contributed by atoms with Crippen molar-refractivity contribution in [3.8, 4) is 5.75 Å². The van der Waals surface area contributed by atoms with Crippen molar-refractivity contribution in [3.05, 3.63) is 29.8 Å². The Balaban J connectivity index is 2.14. The number of hydrogen-bond donors (Lipinski definition) is 1. The third-order valence-corrected chi connectivity index (χ3v) is 3.31. The van der Waals surface area contributed by atoms with E-state index in [4.69, 9.17) is 0 Å². The standard InChI is InChI=1S/C13H14F3NO2/c14-13(15,16)9-4-3-7-17(8-9)12(19)10-5-1-2-6-11(10)18/h1-2,5-6,9,18H,3-4,7-8H2. The Morgan fingerprint density at radius 3 is 2.63 bits per heavy atom. The first-order valence-corrected chi connectivity index (χ1v) is 6.03. The van der Waals surface area contributed by atoms with E-state index in [0.29, 0.717) is 13.0 Å². The van der Waals surface area contributed by atoms with E-state index in [1.54, 1.807) is 12.1 Å². The number of phenolic OH excluding ortho intramolecular Hbond substituents is 1. The van der Waals surface area contributed by atoms with E-state index in [1.165, 1.54) is 12.1 Å².